The Balaban J connectivity index is 1.41. The molecular formula is C33H50N2O4. The van der Waals surface area contributed by atoms with E-state index in [1.165, 1.54) is 18.9 Å². The Morgan fingerprint density at radius 2 is 1.87 bits per heavy atom. The van der Waals surface area contributed by atoms with Gasteiger partial charge in [-0.3, -0.25) is 9.59 Å². The van der Waals surface area contributed by atoms with Crippen molar-refractivity contribution in [3.63, 3.8) is 0 Å². The van der Waals surface area contributed by atoms with Gasteiger partial charge < -0.3 is 19.3 Å². The summed E-state index contributed by atoms with van der Waals surface area (Å²) in [7, 11) is 1.70. The molecule has 0 unspecified atom stereocenters. The standard InChI is InChI=1S/C33H50N2O4/c1-24(15-22-39-26(3)36)11-13-29-25(2)12-14-30-32(29,4)16-8-17-33(30,5)31(37)35-20-18-34(19-21-35)27-9-7-10-28(23-27)38-6/h7,9-10,23-24,29-30H,2,8,11-22H2,1,3-6H3/t24-,29-,30+,32+,33-/m0/s1. The smallest absolute Gasteiger partial charge is 0.302 e. The van der Waals surface area contributed by atoms with E-state index in [1.807, 2.05) is 12.1 Å². The first-order valence-corrected chi connectivity index (χ1v) is 15.1. The molecule has 0 spiro atoms. The van der Waals surface area contributed by atoms with E-state index in [0.29, 0.717) is 30.3 Å². The number of hydrogen-bond acceptors (Lipinski definition) is 5. The van der Waals surface area contributed by atoms with Crippen molar-refractivity contribution in [2.45, 2.75) is 79.1 Å². The Morgan fingerprint density at radius 3 is 2.56 bits per heavy atom. The summed E-state index contributed by atoms with van der Waals surface area (Å²) in [5.74, 6) is 2.36. The van der Waals surface area contributed by atoms with Gasteiger partial charge in [0, 0.05) is 50.3 Å². The van der Waals surface area contributed by atoms with Gasteiger partial charge >= 0.3 is 5.97 Å². The van der Waals surface area contributed by atoms with Crippen molar-refractivity contribution in [3.8, 4) is 5.75 Å². The highest BCUT2D eigenvalue weighted by molar-refractivity contribution is 5.83. The maximum atomic E-state index is 14.3. The van der Waals surface area contributed by atoms with Crippen LogP contribution in [0.1, 0.15) is 79.1 Å². The largest absolute Gasteiger partial charge is 0.497 e. The number of nitrogens with zero attached hydrogens (tertiary/aromatic N) is 2. The van der Waals surface area contributed by atoms with Crippen molar-refractivity contribution in [1.29, 1.82) is 0 Å². The zero-order valence-corrected chi connectivity index (χ0v) is 25.0. The molecule has 1 aliphatic heterocycles. The van der Waals surface area contributed by atoms with Crippen LogP contribution in [-0.4, -0.2) is 56.7 Å². The van der Waals surface area contributed by atoms with Gasteiger partial charge in [0.05, 0.1) is 13.7 Å². The first-order valence-electron chi connectivity index (χ1n) is 15.1. The fourth-order valence-electron chi connectivity index (χ4n) is 8.07. The number of carbonyl (C=O) groups excluding carboxylic acids is 2. The summed E-state index contributed by atoms with van der Waals surface area (Å²) in [6, 6.07) is 8.21. The molecule has 216 valence electrons. The van der Waals surface area contributed by atoms with Crippen molar-refractivity contribution in [2.75, 3.05) is 44.8 Å². The van der Waals surface area contributed by atoms with Gasteiger partial charge in [-0.15, -0.1) is 0 Å². The first kappa shape index (κ1) is 29.5. The second-order valence-corrected chi connectivity index (χ2v) is 12.9. The second-order valence-electron chi connectivity index (χ2n) is 12.9. The minimum absolute atomic E-state index is 0.107. The normalized spacial score (nSPS) is 29.9. The number of fused-ring (bicyclic) bond motifs is 1. The molecule has 0 aromatic heterocycles. The summed E-state index contributed by atoms with van der Waals surface area (Å²) in [5.41, 5.74) is 2.33. The monoisotopic (exact) mass is 538 g/mol. The van der Waals surface area contributed by atoms with Gasteiger partial charge in [-0.25, -0.2) is 0 Å². The van der Waals surface area contributed by atoms with Gasteiger partial charge in [0.25, 0.3) is 0 Å². The number of carbonyl (C=O) groups is 2. The molecular weight excluding hydrogens is 488 g/mol. The van der Waals surface area contributed by atoms with Crippen LogP contribution >= 0.6 is 0 Å². The van der Waals surface area contributed by atoms with Gasteiger partial charge in [-0.05, 0) is 80.2 Å². The Morgan fingerprint density at radius 1 is 1.13 bits per heavy atom. The topological polar surface area (TPSA) is 59.1 Å². The Bertz CT molecular complexity index is 1030. The van der Waals surface area contributed by atoms with E-state index in [9.17, 15) is 9.59 Å². The summed E-state index contributed by atoms with van der Waals surface area (Å²) in [4.78, 5) is 29.9. The number of piperazine rings is 1. The molecule has 0 N–H and O–H groups in total. The Kier molecular flexibility index (Phi) is 9.33. The Labute approximate surface area is 236 Å². The van der Waals surface area contributed by atoms with Crippen LogP contribution in [0.4, 0.5) is 5.69 Å². The number of anilines is 1. The van der Waals surface area contributed by atoms with Crippen molar-refractivity contribution in [2.24, 2.45) is 28.6 Å². The van der Waals surface area contributed by atoms with E-state index >= 15 is 0 Å². The number of benzene rings is 1. The molecule has 4 rings (SSSR count). The quantitative estimate of drug-likeness (QED) is 0.266. The Hall–Kier alpha value is -2.50. The molecule has 6 heteroatoms. The fraction of sp³-hybridized carbons (Fsp3) is 0.697. The lowest BCUT2D eigenvalue weighted by atomic mass is 9.46. The molecule has 1 amide bonds. The van der Waals surface area contributed by atoms with E-state index in [1.54, 1.807) is 7.11 Å². The predicted octanol–water partition coefficient (Wildman–Crippen LogP) is 6.49. The van der Waals surface area contributed by atoms with Crippen molar-refractivity contribution in [3.05, 3.63) is 36.4 Å². The van der Waals surface area contributed by atoms with E-state index in [2.05, 4.69) is 49.3 Å². The molecule has 2 aliphatic carbocycles. The molecule has 5 atom stereocenters. The van der Waals surface area contributed by atoms with Gasteiger partial charge in [0.15, 0.2) is 0 Å². The lowest BCUT2D eigenvalue weighted by Crippen LogP contribution is -2.59. The summed E-state index contributed by atoms with van der Waals surface area (Å²) >= 11 is 0. The first-order chi connectivity index (χ1) is 18.6. The average Bonchev–Trinajstić information content (AvgIpc) is 2.92. The van der Waals surface area contributed by atoms with Crippen LogP contribution in [0.2, 0.25) is 0 Å². The molecule has 6 nitrogen and oxygen atoms in total. The molecule has 0 bridgehead atoms. The van der Waals surface area contributed by atoms with Gasteiger partial charge in [-0.1, -0.05) is 45.4 Å². The zero-order valence-electron chi connectivity index (χ0n) is 25.0. The molecule has 1 aromatic rings. The third-order valence-corrected chi connectivity index (χ3v) is 10.4. The predicted molar refractivity (Wildman–Crippen MR) is 157 cm³/mol. The number of methoxy groups -OCH3 is 1. The number of ether oxygens (including phenoxy) is 2. The van der Waals surface area contributed by atoms with Crippen molar-refractivity contribution >= 4 is 17.6 Å². The maximum absolute atomic E-state index is 14.3. The van der Waals surface area contributed by atoms with Crippen LogP contribution in [-0.2, 0) is 14.3 Å². The molecule has 1 saturated heterocycles. The van der Waals surface area contributed by atoms with Crippen LogP contribution in [0.5, 0.6) is 5.75 Å². The molecule has 3 aliphatic rings. The maximum Gasteiger partial charge on any atom is 0.302 e. The lowest BCUT2D eigenvalue weighted by molar-refractivity contribution is -0.157. The average molecular weight is 539 g/mol. The zero-order chi connectivity index (χ0) is 28.2. The number of esters is 1. The minimum Gasteiger partial charge on any atom is -0.497 e. The SMILES string of the molecule is C=C1CC[C@@H]2[C@](C)(CCC[C@]2(C)C(=O)N2CCN(c3cccc(OC)c3)CC2)[C@H]1CC[C@H](C)CCOC(C)=O. The highest BCUT2D eigenvalue weighted by Crippen LogP contribution is 2.62. The molecule has 39 heavy (non-hydrogen) atoms. The number of hydrogen-bond donors (Lipinski definition) is 0. The highest BCUT2D eigenvalue weighted by Gasteiger charge is 2.57. The minimum atomic E-state index is -0.314. The lowest BCUT2D eigenvalue weighted by Gasteiger charge is -2.59. The van der Waals surface area contributed by atoms with Crippen molar-refractivity contribution in [1.82, 2.24) is 4.90 Å². The molecule has 2 saturated carbocycles. The van der Waals surface area contributed by atoms with Crippen molar-refractivity contribution < 1.29 is 19.1 Å². The van der Waals surface area contributed by atoms with E-state index in [4.69, 9.17) is 9.47 Å². The van der Waals surface area contributed by atoms with Gasteiger partial charge in [-0.2, -0.15) is 0 Å². The summed E-state index contributed by atoms with van der Waals surface area (Å²) < 4.78 is 10.6. The van der Waals surface area contributed by atoms with E-state index in [0.717, 1.165) is 82.6 Å². The van der Waals surface area contributed by atoms with Crippen LogP contribution < -0.4 is 9.64 Å². The van der Waals surface area contributed by atoms with Gasteiger partial charge in [0.2, 0.25) is 5.91 Å². The molecule has 1 aromatic carbocycles. The third kappa shape index (κ3) is 6.30. The van der Waals surface area contributed by atoms with Crippen LogP contribution in [0.15, 0.2) is 36.4 Å². The molecule has 1 heterocycles. The summed E-state index contributed by atoms with van der Waals surface area (Å²) in [5, 5.41) is 0. The third-order valence-electron chi connectivity index (χ3n) is 10.4. The van der Waals surface area contributed by atoms with Gasteiger partial charge in [0.1, 0.15) is 5.75 Å². The number of allylic oxidation sites excluding steroid dienone is 1. The van der Waals surface area contributed by atoms with E-state index < -0.39 is 0 Å². The molecule has 3 fully saturated rings. The van der Waals surface area contributed by atoms with Crippen LogP contribution in [0, 0.1) is 28.6 Å². The van der Waals surface area contributed by atoms with E-state index in [-0.39, 0.29) is 16.8 Å². The van der Waals surface area contributed by atoms with Crippen LogP contribution in [0.25, 0.3) is 0 Å². The fourth-order valence-corrected chi connectivity index (χ4v) is 8.07. The molecule has 0 radical (unpaired) electrons. The number of amides is 1. The highest BCUT2D eigenvalue weighted by atomic mass is 16.5. The second kappa shape index (κ2) is 12.3. The summed E-state index contributed by atoms with van der Waals surface area (Å²) in [6.07, 6.45) is 8.47. The number of rotatable bonds is 9. The summed E-state index contributed by atoms with van der Waals surface area (Å²) in [6.45, 7) is 16.7. The van der Waals surface area contributed by atoms with Crippen LogP contribution in [0.3, 0.4) is 0 Å².